The fourth-order valence-corrected chi connectivity index (χ4v) is 3.55. The zero-order chi connectivity index (χ0) is 5.98. The molecule has 46 valence electrons. The summed E-state index contributed by atoms with van der Waals surface area (Å²) in [5.41, 5.74) is 0. The third-order valence-electron chi connectivity index (χ3n) is 0.521. The molecule has 3 nitrogen and oxygen atoms in total. The minimum absolute atomic E-state index is 0.918. The first kappa shape index (κ1) is 7.44. The van der Waals surface area contributed by atoms with Gasteiger partial charge in [-0.25, -0.2) is 0 Å². The van der Waals surface area contributed by atoms with Crippen LogP contribution in [0.25, 0.3) is 0 Å². The third-order valence-corrected chi connectivity index (χ3v) is 6.99. The molecular formula is C2H2I3N3. The molecule has 0 amide bonds. The Kier molecular flexibility index (Phi) is 3.24. The van der Waals surface area contributed by atoms with E-state index in [1.165, 1.54) is 0 Å². The third kappa shape index (κ3) is 1.93. The molecular weight excluding hydrogens is 447 g/mol. The maximum absolute atomic E-state index is 4.00. The van der Waals surface area contributed by atoms with Gasteiger partial charge in [0.05, 0.1) is 0 Å². The van der Waals surface area contributed by atoms with Crippen LogP contribution in [0, 0.1) is 3.83 Å². The van der Waals surface area contributed by atoms with Crippen LogP contribution in [-0.2, 0) is 0 Å². The molecule has 0 aliphatic rings. The maximum atomic E-state index is 4.00. The SMILES string of the molecule is II(I)c1ncn[nH]1. The minimum atomic E-state index is -0.918. The predicted molar refractivity (Wildman–Crippen MR) is 57.1 cm³/mol. The number of halogens is 3. The van der Waals surface area contributed by atoms with E-state index < -0.39 is 11.9 Å². The number of hydrogen-bond acceptors (Lipinski definition) is 2. The van der Waals surface area contributed by atoms with Crippen molar-refractivity contribution in [2.45, 2.75) is 0 Å². The van der Waals surface area contributed by atoms with Crippen LogP contribution in [0.5, 0.6) is 0 Å². The van der Waals surface area contributed by atoms with E-state index in [1.54, 1.807) is 6.33 Å². The average molecular weight is 449 g/mol. The molecule has 0 saturated heterocycles. The molecule has 0 bridgehead atoms. The van der Waals surface area contributed by atoms with Crippen molar-refractivity contribution in [1.29, 1.82) is 0 Å². The van der Waals surface area contributed by atoms with E-state index >= 15 is 0 Å². The van der Waals surface area contributed by atoms with Gasteiger partial charge in [0.15, 0.2) is 0 Å². The second-order valence-electron chi connectivity index (χ2n) is 0.973. The Bertz CT molecular complexity index is 148. The van der Waals surface area contributed by atoms with E-state index in [2.05, 4.69) is 52.4 Å². The Morgan fingerprint density at radius 2 is 2.38 bits per heavy atom. The first-order valence-corrected chi connectivity index (χ1v) is 15.3. The fraction of sp³-hybridized carbons (Fsp3) is 0. The summed E-state index contributed by atoms with van der Waals surface area (Å²) in [5.74, 6) is 0. The predicted octanol–water partition coefficient (Wildman–Crippen LogP) is 2.18. The number of nitrogens with one attached hydrogen (secondary N) is 1. The first-order valence-electron chi connectivity index (χ1n) is 1.69. The Morgan fingerprint density at radius 1 is 1.62 bits per heavy atom. The first-order chi connectivity index (χ1) is 3.80. The van der Waals surface area contributed by atoms with Crippen molar-refractivity contribution in [3.05, 3.63) is 10.2 Å². The molecule has 1 heterocycles. The number of aromatic amines is 1. The zero-order valence-corrected chi connectivity index (χ0v) is 10.1. The summed E-state index contributed by atoms with van der Waals surface area (Å²) in [4.78, 5) is 4.00. The summed E-state index contributed by atoms with van der Waals surface area (Å²) < 4.78 is 1.08. The number of H-pyrrole nitrogens is 1. The molecule has 1 aromatic rings. The fourth-order valence-electron chi connectivity index (χ4n) is 0.259. The van der Waals surface area contributed by atoms with Gasteiger partial charge >= 0.3 is 74.4 Å². The Morgan fingerprint density at radius 3 is 2.62 bits per heavy atom. The number of rotatable bonds is 1. The summed E-state index contributed by atoms with van der Waals surface area (Å²) >= 11 is 3.91. The molecule has 0 saturated carbocycles. The second kappa shape index (κ2) is 3.49. The number of hydrogen-bond donors (Lipinski definition) is 1. The second-order valence-corrected chi connectivity index (χ2v) is 24.5. The van der Waals surface area contributed by atoms with E-state index in [9.17, 15) is 0 Å². The van der Waals surface area contributed by atoms with Gasteiger partial charge in [-0.15, -0.1) is 0 Å². The average Bonchev–Trinajstić information content (AvgIpc) is 2.12. The summed E-state index contributed by atoms with van der Waals surface area (Å²) in [7, 11) is 0. The van der Waals surface area contributed by atoms with Gasteiger partial charge in [-0.2, -0.15) is 0 Å². The quantitative estimate of drug-likeness (QED) is 0.669. The van der Waals surface area contributed by atoms with Gasteiger partial charge in [0, 0.05) is 0 Å². The normalized spacial score (nSPS) is 11.5. The van der Waals surface area contributed by atoms with Crippen molar-refractivity contribution in [3.8, 4) is 0 Å². The topological polar surface area (TPSA) is 41.6 Å². The van der Waals surface area contributed by atoms with Gasteiger partial charge in [0.1, 0.15) is 0 Å². The Balaban J connectivity index is 2.77. The van der Waals surface area contributed by atoms with E-state index in [4.69, 9.17) is 0 Å². The summed E-state index contributed by atoms with van der Waals surface area (Å²) in [6, 6.07) is 0. The molecule has 0 aromatic carbocycles. The molecule has 0 radical (unpaired) electrons. The van der Waals surface area contributed by atoms with Crippen LogP contribution in [0.3, 0.4) is 0 Å². The van der Waals surface area contributed by atoms with Crippen LogP contribution in [0.1, 0.15) is 0 Å². The molecule has 0 spiro atoms. The zero-order valence-electron chi connectivity index (χ0n) is 3.61. The van der Waals surface area contributed by atoms with E-state index in [0.717, 1.165) is 3.83 Å². The van der Waals surface area contributed by atoms with Gasteiger partial charge in [-0.1, -0.05) is 0 Å². The van der Waals surface area contributed by atoms with Crippen molar-refractivity contribution in [2.24, 2.45) is 0 Å². The van der Waals surface area contributed by atoms with Gasteiger partial charge in [0.25, 0.3) is 0 Å². The monoisotopic (exact) mass is 449 g/mol. The van der Waals surface area contributed by atoms with Gasteiger partial charge < -0.3 is 0 Å². The van der Waals surface area contributed by atoms with Crippen molar-refractivity contribution in [1.82, 2.24) is 15.2 Å². The molecule has 0 aliphatic heterocycles. The molecule has 8 heavy (non-hydrogen) atoms. The van der Waals surface area contributed by atoms with E-state index in [0.29, 0.717) is 0 Å². The van der Waals surface area contributed by atoms with Crippen LogP contribution in [0.2, 0.25) is 0 Å². The van der Waals surface area contributed by atoms with Gasteiger partial charge in [0.2, 0.25) is 0 Å². The molecule has 0 atom stereocenters. The standard InChI is InChI=1S/C2H2I3N3/c3-5(4)2-6-1-7-8-2/h1H,(H,6,7,8). The summed E-state index contributed by atoms with van der Waals surface area (Å²) in [5, 5.41) is 6.57. The van der Waals surface area contributed by atoms with Crippen LogP contribution >= 0.6 is 49.1 Å². The molecule has 0 unspecified atom stereocenters. The summed E-state index contributed by atoms with van der Waals surface area (Å²) in [6.07, 6.45) is 1.55. The molecule has 0 fully saturated rings. The molecule has 6 heteroatoms. The number of nitrogens with zero attached hydrogens (tertiary/aromatic N) is 2. The van der Waals surface area contributed by atoms with Crippen LogP contribution in [-0.4, -0.2) is 15.2 Å². The molecule has 0 aliphatic carbocycles. The van der Waals surface area contributed by atoms with Crippen molar-refractivity contribution < 1.29 is 0 Å². The molecule has 1 N–H and O–H groups in total. The van der Waals surface area contributed by atoms with Gasteiger partial charge in [-0.3, -0.25) is 0 Å². The van der Waals surface area contributed by atoms with Gasteiger partial charge in [-0.05, 0) is 0 Å². The molecule has 1 rings (SSSR count). The Hall–Kier alpha value is 1.33. The van der Waals surface area contributed by atoms with Crippen LogP contribution in [0.4, 0.5) is 0 Å². The van der Waals surface area contributed by atoms with E-state index in [1.807, 2.05) is 0 Å². The Labute approximate surface area is 73.2 Å². The summed E-state index contributed by atoms with van der Waals surface area (Å²) in [6.45, 7) is 0. The van der Waals surface area contributed by atoms with E-state index in [-0.39, 0.29) is 0 Å². The molecule has 1 aromatic heterocycles. The van der Waals surface area contributed by atoms with Crippen molar-refractivity contribution in [3.63, 3.8) is 0 Å². The van der Waals surface area contributed by atoms with Crippen LogP contribution < -0.4 is 0 Å². The van der Waals surface area contributed by atoms with Crippen LogP contribution in [0.15, 0.2) is 6.33 Å². The van der Waals surface area contributed by atoms with Crippen molar-refractivity contribution >= 4 is 49.1 Å². The number of aromatic nitrogens is 3. The van der Waals surface area contributed by atoms with Crippen molar-refractivity contribution in [2.75, 3.05) is 0 Å².